The average molecular weight is 453 g/mol. The molecule has 1 aromatic carbocycles. The van der Waals surface area contributed by atoms with E-state index in [1.807, 2.05) is 4.90 Å². The molecule has 0 bridgehead atoms. The van der Waals surface area contributed by atoms with Crippen molar-refractivity contribution in [2.75, 3.05) is 46.4 Å². The molecular formula is C20H31F3N2O4S. The summed E-state index contributed by atoms with van der Waals surface area (Å²) >= 11 is 0. The van der Waals surface area contributed by atoms with Crippen molar-refractivity contribution in [1.29, 1.82) is 0 Å². The lowest BCUT2D eigenvalue weighted by Crippen LogP contribution is -2.37. The number of sulfonamides is 1. The molecule has 0 atom stereocenters. The van der Waals surface area contributed by atoms with Gasteiger partial charge in [0, 0.05) is 33.2 Å². The third-order valence-corrected chi connectivity index (χ3v) is 7.56. The van der Waals surface area contributed by atoms with Crippen LogP contribution in [0.3, 0.4) is 0 Å². The van der Waals surface area contributed by atoms with Crippen molar-refractivity contribution < 1.29 is 31.8 Å². The number of halogens is 3. The molecule has 0 amide bonds. The Hall–Kier alpha value is -1.20. The standard InChI is InChI=1S/C20H31F3N2O4S/c1-24(30(28,29)19-8-6-18(7-9-19)20(21,22)23)14-16-2-4-17(5-3-16)15-25(10-12-26)11-13-27/h6-9,16-17,26-27H,2-5,10-15H2,1H3. The van der Waals surface area contributed by atoms with Crippen LogP contribution in [0.1, 0.15) is 31.2 Å². The largest absolute Gasteiger partial charge is 0.416 e. The van der Waals surface area contributed by atoms with E-state index in [1.54, 1.807) is 0 Å². The van der Waals surface area contributed by atoms with Crippen LogP contribution < -0.4 is 0 Å². The number of aliphatic hydroxyl groups excluding tert-OH is 2. The van der Waals surface area contributed by atoms with E-state index in [1.165, 1.54) is 11.4 Å². The van der Waals surface area contributed by atoms with Crippen LogP contribution in [-0.2, 0) is 16.2 Å². The van der Waals surface area contributed by atoms with Crippen molar-refractivity contribution in [3.63, 3.8) is 0 Å². The quantitative estimate of drug-likeness (QED) is 0.570. The van der Waals surface area contributed by atoms with Crippen molar-refractivity contribution >= 4 is 10.0 Å². The lowest BCUT2D eigenvalue weighted by Gasteiger charge is -2.33. The van der Waals surface area contributed by atoms with Crippen molar-refractivity contribution in [2.24, 2.45) is 11.8 Å². The van der Waals surface area contributed by atoms with Gasteiger partial charge in [0.25, 0.3) is 0 Å². The molecule has 2 rings (SSSR count). The van der Waals surface area contributed by atoms with Gasteiger partial charge < -0.3 is 10.2 Å². The number of rotatable bonds is 10. The Balaban J connectivity index is 1.89. The molecule has 1 aliphatic carbocycles. The van der Waals surface area contributed by atoms with E-state index in [9.17, 15) is 21.6 Å². The van der Waals surface area contributed by atoms with E-state index in [4.69, 9.17) is 10.2 Å². The maximum atomic E-state index is 12.7. The fourth-order valence-electron chi connectivity index (χ4n) is 4.00. The Kier molecular flexibility index (Phi) is 9.11. The molecule has 30 heavy (non-hydrogen) atoms. The summed E-state index contributed by atoms with van der Waals surface area (Å²) in [6.45, 7) is 2.26. The predicted octanol–water partition coefficient (Wildman–Crippen LogP) is 2.42. The SMILES string of the molecule is CN(CC1CCC(CN(CCO)CCO)CC1)S(=O)(=O)c1ccc(C(F)(F)F)cc1. The lowest BCUT2D eigenvalue weighted by atomic mass is 9.81. The van der Waals surface area contributed by atoms with Gasteiger partial charge in [0.05, 0.1) is 23.7 Å². The van der Waals surface area contributed by atoms with Crippen LogP contribution in [0.2, 0.25) is 0 Å². The minimum atomic E-state index is -4.50. The second-order valence-corrected chi connectivity index (χ2v) is 9.99. The summed E-state index contributed by atoms with van der Waals surface area (Å²) in [6.07, 6.45) is -0.900. The molecule has 0 aliphatic heterocycles. The minimum Gasteiger partial charge on any atom is -0.395 e. The van der Waals surface area contributed by atoms with Crippen molar-refractivity contribution in [1.82, 2.24) is 9.21 Å². The smallest absolute Gasteiger partial charge is 0.395 e. The molecule has 1 aromatic rings. The highest BCUT2D eigenvalue weighted by Gasteiger charge is 2.32. The molecule has 1 saturated carbocycles. The van der Waals surface area contributed by atoms with Crippen LogP contribution in [0, 0.1) is 11.8 Å². The molecule has 0 saturated heterocycles. The summed E-state index contributed by atoms with van der Waals surface area (Å²) in [5.74, 6) is 0.635. The summed E-state index contributed by atoms with van der Waals surface area (Å²) in [7, 11) is -2.38. The highest BCUT2D eigenvalue weighted by molar-refractivity contribution is 7.89. The highest BCUT2D eigenvalue weighted by Crippen LogP contribution is 2.32. The molecule has 6 nitrogen and oxygen atoms in total. The van der Waals surface area contributed by atoms with Crippen LogP contribution >= 0.6 is 0 Å². The zero-order valence-corrected chi connectivity index (χ0v) is 18.0. The normalized spacial score (nSPS) is 20.8. The third-order valence-electron chi connectivity index (χ3n) is 5.72. The molecule has 0 unspecified atom stereocenters. The van der Waals surface area contributed by atoms with Crippen molar-refractivity contribution in [2.45, 2.75) is 36.8 Å². The molecule has 1 aliphatic rings. The van der Waals surface area contributed by atoms with Crippen molar-refractivity contribution in [3.05, 3.63) is 29.8 Å². The summed E-state index contributed by atoms with van der Waals surface area (Å²) < 4.78 is 64.7. The van der Waals surface area contributed by atoms with E-state index in [0.717, 1.165) is 56.5 Å². The lowest BCUT2D eigenvalue weighted by molar-refractivity contribution is -0.137. The number of nitrogens with zero attached hydrogens (tertiary/aromatic N) is 2. The minimum absolute atomic E-state index is 0.0436. The van der Waals surface area contributed by atoms with Gasteiger partial charge in [-0.1, -0.05) is 0 Å². The first-order chi connectivity index (χ1) is 14.1. The molecule has 10 heteroatoms. The van der Waals surface area contributed by atoms with Gasteiger partial charge in [-0.05, 0) is 61.8 Å². The zero-order valence-electron chi connectivity index (χ0n) is 17.2. The summed E-state index contributed by atoms with van der Waals surface area (Å²) in [4.78, 5) is 1.89. The fraction of sp³-hybridized carbons (Fsp3) is 0.700. The first kappa shape index (κ1) is 25.1. The van der Waals surface area contributed by atoms with E-state index in [0.29, 0.717) is 25.6 Å². The average Bonchev–Trinajstić information content (AvgIpc) is 2.69. The Morgan fingerprint density at radius 2 is 1.40 bits per heavy atom. The summed E-state index contributed by atoms with van der Waals surface area (Å²) in [5.41, 5.74) is -0.876. The molecule has 1 fully saturated rings. The third kappa shape index (κ3) is 6.91. The number of hydrogen-bond donors (Lipinski definition) is 2. The van der Waals surface area contributed by atoms with Gasteiger partial charge in [0.1, 0.15) is 0 Å². The van der Waals surface area contributed by atoms with Crippen LogP contribution in [-0.4, -0.2) is 74.3 Å². The monoisotopic (exact) mass is 452 g/mol. The van der Waals surface area contributed by atoms with Gasteiger partial charge >= 0.3 is 6.18 Å². The van der Waals surface area contributed by atoms with Crippen LogP contribution in [0.25, 0.3) is 0 Å². The Morgan fingerprint density at radius 3 is 1.83 bits per heavy atom. The first-order valence-electron chi connectivity index (χ1n) is 10.2. The zero-order chi connectivity index (χ0) is 22.4. The van der Waals surface area contributed by atoms with E-state index in [2.05, 4.69) is 0 Å². The van der Waals surface area contributed by atoms with Crippen molar-refractivity contribution in [3.8, 4) is 0 Å². The maximum Gasteiger partial charge on any atom is 0.416 e. The predicted molar refractivity (Wildman–Crippen MR) is 107 cm³/mol. The number of benzene rings is 1. The molecule has 2 N–H and O–H groups in total. The van der Waals surface area contributed by atoms with Gasteiger partial charge in [0.2, 0.25) is 10.0 Å². The summed E-state index contributed by atoms with van der Waals surface area (Å²) in [5, 5.41) is 18.2. The molecule has 0 heterocycles. The fourth-order valence-corrected chi connectivity index (χ4v) is 5.24. The van der Waals surface area contributed by atoms with E-state index < -0.39 is 21.8 Å². The highest BCUT2D eigenvalue weighted by atomic mass is 32.2. The van der Waals surface area contributed by atoms with Crippen LogP contribution in [0.4, 0.5) is 13.2 Å². The molecule has 172 valence electrons. The number of aliphatic hydroxyl groups is 2. The Morgan fingerprint density at radius 1 is 0.933 bits per heavy atom. The summed E-state index contributed by atoms with van der Waals surface area (Å²) in [6, 6.07) is 3.58. The number of hydrogen-bond acceptors (Lipinski definition) is 5. The van der Waals surface area contributed by atoms with E-state index >= 15 is 0 Å². The molecule has 0 spiro atoms. The first-order valence-corrected chi connectivity index (χ1v) is 11.6. The molecule has 0 radical (unpaired) electrons. The van der Waals surface area contributed by atoms with Gasteiger partial charge in [-0.15, -0.1) is 0 Å². The van der Waals surface area contributed by atoms with Gasteiger partial charge in [-0.3, -0.25) is 4.90 Å². The second-order valence-electron chi connectivity index (χ2n) is 7.94. The Bertz CT molecular complexity index is 742. The maximum absolute atomic E-state index is 12.7. The van der Waals surface area contributed by atoms with E-state index in [-0.39, 0.29) is 24.0 Å². The van der Waals surface area contributed by atoms with Gasteiger partial charge in [-0.25, -0.2) is 12.7 Å². The number of alkyl halides is 3. The van der Waals surface area contributed by atoms with Crippen LogP contribution in [0.15, 0.2) is 29.2 Å². The molecular weight excluding hydrogens is 421 g/mol. The van der Waals surface area contributed by atoms with Crippen LogP contribution in [0.5, 0.6) is 0 Å². The Labute approximate surface area is 176 Å². The topological polar surface area (TPSA) is 81.1 Å². The second kappa shape index (κ2) is 10.9. The van der Waals surface area contributed by atoms with Gasteiger partial charge in [-0.2, -0.15) is 13.2 Å². The van der Waals surface area contributed by atoms with Gasteiger partial charge in [0.15, 0.2) is 0 Å². The molecule has 0 aromatic heterocycles.